The minimum atomic E-state index is -0.180. The molecule has 2 heterocycles. The van der Waals surface area contributed by atoms with Crippen molar-refractivity contribution in [1.82, 2.24) is 19.1 Å². The molecule has 3 aromatic carbocycles. The smallest absolute Gasteiger partial charge is 0.119 e. The fourth-order valence-electron chi connectivity index (χ4n) is 4.50. The summed E-state index contributed by atoms with van der Waals surface area (Å²) < 4.78 is 4.38. The Morgan fingerprint density at radius 3 is 1.44 bits per heavy atom. The van der Waals surface area contributed by atoms with Crippen LogP contribution in [0.4, 0.5) is 0 Å². The second kappa shape index (κ2) is 7.56. The number of hydrogen-bond acceptors (Lipinski definition) is 3. The van der Waals surface area contributed by atoms with Crippen LogP contribution in [0.5, 0.6) is 0 Å². The van der Waals surface area contributed by atoms with Crippen molar-refractivity contribution in [3.8, 4) is 17.4 Å². The van der Waals surface area contributed by atoms with E-state index >= 15 is 0 Å². The molecule has 0 amide bonds. The van der Waals surface area contributed by atoms with Crippen LogP contribution in [0.3, 0.4) is 0 Å². The maximum Gasteiger partial charge on any atom is 0.119 e. The van der Waals surface area contributed by atoms with Gasteiger partial charge in [0.05, 0.1) is 45.1 Å². The third-order valence-corrected chi connectivity index (χ3v) is 6.01. The van der Waals surface area contributed by atoms with Gasteiger partial charge in [0.1, 0.15) is 11.6 Å². The maximum atomic E-state index is 9.97. The predicted molar refractivity (Wildman–Crippen MR) is 138 cm³/mol. The summed E-state index contributed by atoms with van der Waals surface area (Å²) in [6, 6.07) is 24.8. The largest absolute Gasteiger partial charge is 0.296 e. The minimum absolute atomic E-state index is 0.180. The number of para-hydroxylation sites is 4. The van der Waals surface area contributed by atoms with Gasteiger partial charge in [0, 0.05) is 10.8 Å². The van der Waals surface area contributed by atoms with Crippen LogP contribution in [0.1, 0.15) is 58.8 Å². The number of fused-ring (bicyclic) bond motifs is 2. The molecule has 0 unspecified atom stereocenters. The van der Waals surface area contributed by atoms with Crippen LogP contribution in [0.2, 0.25) is 0 Å². The Morgan fingerprint density at radius 2 is 1.06 bits per heavy atom. The first-order chi connectivity index (χ1) is 16.1. The highest BCUT2D eigenvalue weighted by Gasteiger charge is 2.26. The highest BCUT2D eigenvalue weighted by molar-refractivity contribution is 5.81. The molecule has 5 rings (SSSR count). The molecule has 0 aliphatic carbocycles. The van der Waals surface area contributed by atoms with Gasteiger partial charge in [-0.05, 0) is 42.5 Å². The van der Waals surface area contributed by atoms with E-state index in [1.54, 1.807) is 0 Å². The SMILES string of the molecule is CC(C)(C)c1nc2ccccc2n1-c1cc(C#N)cc(-n2c(C(C)(C)C)nc3ccccc32)c1. The molecular formula is C29H29N5. The normalized spacial score (nSPS) is 12.4. The van der Waals surface area contributed by atoms with Crippen molar-refractivity contribution in [2.75, 3.05) is 0 Å². The lowest BCUT2D eigenvalue weighted by Crippen LogP contribution is -2.19. The molecule has 0 saturated heterocycles. The number of hydrogen-bond donors (Lipinski definition) is 0. The zero-order chi connectivity index (χ0) is 24.3. The zero-order valence-electron chi connectivity index (χ0n) is 20.6. The number of nitrogens with zero attached hydrogens (tertiary/aromatic N) is 5. The van der Waals surface area contributed by atoms with E-state index in [0.29, 0.717) is 5.56 Å². The van der Waals surface area contributed by atoms with E-state index in [1.807, 2.05) is 48.5 Å². The minimum Gasteiger partial charge on any atom is -0.296 e. The highest BCUT2D eigenvalue weighted by Crippen LogP contribution is 2.34. The Balaban J connectivity index is 1.86. The highest BCUT2D eigenvalue weighted by atomic mass is 15.1. The van der Waals surface area contributed by atoms with E-state index in [0.717, 1.165) is 45.1 Å². The van der Waals surface area contributed by atoms with Crippen molar-refractivity contribution in [2.24, 2.45) is 0 Å². The monoisotopic (exact) mass is 447 g/mol. The van der Waals surface area contributed by atoms with Crippen LogP contribution in [0.25, 0.3) is 33.4 Å². The first kappa shape index (κ1) is 21.9. The van der Waals surface area contributed by atoms with Gasteiger partial charge >= 0.3 is 0 Å². The Morgan fingerprint density at radius 1 is 0.647 bits per heavy atom. The maximum absolute atomic E-state index is 9.97. The van der Waals surface area contributed by atoms with E-state index in [-0.39, 0.29) is 10.8 Å². The van der Waals surface area contributed by atoms with E-state index in [9.17, 15) is 5.26 Å². The van der Waals surface area contributed by atoms with Gasteiger partial charge in [-0.3, -0.25) is 9.13 Å². The van der Waals surface area contributed by atoms with E-state index < -0.39 is 0 Å². The van der Waals surface area contributed by atoms with Crippen LogP contribution < -0.4 is 0 Å². The standard InChI is InChI=1S/C29H29N5/c1-28(2,3)26-31-22-11-7-9-13-24(22)33(26)20-15-19(18-30)16-21(17-20)34-25-14-10-8-12-23(25)32-27(34)29(4,5)6/h7-17H,1-6H3. The summed E-state index contributed by atoms with van der Waals surface area (Å²) in [4.78, 5) is 9.95. The summed E-state index contributed by atoms with van der Waals surface area (Å²) in [5.41, 5.74) is 6.03. The van der Waals surface area contributed by atoms with E-state index in [1.165, 1.54) is 0 Å². The molecule has 0 N–H and O–H groups in total. The Hall–Kier alpha value is -3.91. The number of benzene rings is 3. The van der Waals surface area contributed by atoms with Gasteiger partial charge < -0.3 is 0 Å². The summed E-state index contributed by atoms with van der Waals surface area (Å²) in [6.07, 6.45) is 0. The van der Waals surface area contributed by atoms with E-state index in [2.05, 4.69) is 74.9 Å². The molecule has 0 aliphatic rings. The van der Waals surface area contributed by atoms with Crippen molar-refractivity contribution < 1.29 is 0 Å². The molecule has 2 aromatic heterocycles. The van der Waals surface area contributed by atoms with Gasteiger partial charge in [0.15, 0.2) is 0 Å². The summed E-state index contributed by atoms with van der Waals surface area (Å²) in [5, 5.41) is 9.97. The van der Waals surface area contributed by atoms with Crippen molar-refractivity contribution in [3.05, 3.63) is 83.9 Å². The summed E-state index contributed by atoms with van der Waals surface area (Å²) in [5.74, 6) is 1.92. The summed E-state index contributed by atoms with van der Waals surface area (Å²) >= 11 is 0. The summed E-state index contributed by atoms with van der Waals surface area (Å²) in [6.45, 7) is 13.0. The zero-order valence-corrected chi connectivity index (χ0v) is 20.6. The molecule has 170 valence electrons. The van der Waals surface area contributed by atoms with Gasteiger partial charge in [-0.1, -0.05) is 65.8 Å². The summed E-state index contributed by atoms with van der Waals surface area (Å²) in [7, 11) is 0. The van der Waals surface area contributed by atoms with E-state index in [4.69, 9.17) is 9.97 Å². The lowest BCUT2D eigenvalue weighted by atomic mass is 9.95. The van der Waals surface area contributed by atoms with Crippen molar-refractivity contribution in [2.45, 2.75) is 52.4 Å². The molecule has 5 heteroatoms. The predicted octanol–water partition coefficient (Wildman–Crippen LogP) is 6.83. The Bertz CT molecular complexity index is 1470. The molecule has 0 aliphatic heterocycles. The molecule has 34 heavy (non-hydrogen) atoms. The Kier molecular flexibility index (Phi) is 4.87. The average molecular weight is 448 g/mol. The van der Waals surface area contributed by atoms with Crippen molar-refractivity contribution >= 4 is 22.1 Å². The van der Waals surface area contributed by atoms with Gasteiger partial charge in [0.25, 0.3) is 0 Å². The van der Waals surface area contributed by atoms with Crippen molar-refractivity contribution in [3.63, 3.8) is 0 Å². The van der Waals surface area contributed by atoms with Crippen molar-refractivity contribution in [1.29, 1.82) is 5.26 Å². The van der Waals surface area contributed by atoms with Gasteiger partial charge in [-0.15, -0.1) is 0 Å². The number of aromatic nitrogens is 4. The third kappa shape index (κ3) is 3.56. The van der Waals surface area contributed by atoms with Crippen LogP contribution in [-0.2, 0) is 10.8 Å². The van der Waals surface area contributed by atoms with Crippen LogP contribution >= 0.6 is 0 Å². The molecule has 0 atom stereocenters. The number of imidazole rings is 2. The van der Waals surface area contributed by atoms with Gasteiger partial charge in [0.2, 0.25) is 0 Å². The second-order valence-corrected chi connectivity index (χ2v) is 10.9. The Labute approximate surface area is 200 Å². The molecular weight excluding hydrogens is 418 g/mol. The molecule has 0 saturated carbocycles. The number of nitriles is 1. The molecule has 5 nitrogen and oxygen atoms in total. The van der Waals surface area contributed by atoms with Gasteiger partial charge in [-0.2, -0.15) is 5.26 Å². The quantitative estimate of drug-likeness (QED) is 0.298. The molecule has 5 aromatic rings. The second-order valence-electron chi connectivity index (χ2n) is 10.9. The lowest BCUT2D eigenvalue weighted by molar-refractivity contribution is 0.537. The first-order valence-corrected chi connectivity index (χ1v) is 11.6. The number of rotatable bonds is 2. The molecule has 0 bridgehead atoms. The molecule has 0 fully saturated rings. The van der Waals surface area contributed by atoms with Crippen LogP contribution in [0.15, 0.2) is 66.7 Å². The van der Waals surface area contributed by atoms with Crippen LogP contribution in [-0.4, -0.2) is 19.1 Å². The topological polar surface area (TPSA) is 59.4 Å². The molecule has 0 spiro atoms. The average Bonchev–Trinajstić information content (AvgIpc) is 3.38. The lowest BCUT2D eigenvalue weighted by Gasteiger charge is -2.23. The first-order valence-electron chi connectivity index (χ1n) is 11.6. The fraction of sp³-hybridized carbons (Fsp3) is 0.276. The van der Waals surface area contributed by atoms with Gasteiger partial charge in [-0.25, -0.2) is 9.97 Å². The van der Waals surface area contributed by atoms with Crippen LogP contribution in [0, 0.1) is 11.3 Å². The molecule has 0 radical (unpaired) electrons. The fourth-order valence-corrected chi connectivity index (χ4v) is 4.50. The third-order valence-electron chi connectivity index (χ3n) is 6.01.